The van der Waals surface area contributed by atoms with Crippen molar-refractivity contribution in [1.29, 1.82) is 0 Å². The minimum absolute atomic E-state index is 0.208. The molecule has 0 aliphatic heterocycles. The third-order valence-electron chi connectivity index (χ3n) is 4.84. The van der Waals surface area contributed by atoms with Crippen molar-refractivity contribution >= 4 is 33.7 Å². The number of para-hydroxylation sites is 1. The van der Waals surface area contributed by atoms with E-state index in [1.165, 1.54) is 0 Å². The Bertz CT molecular complexity index is 1180. The second-order valence-corrected chi connectivity index (χ2v) is 6.99. The van der Waals surface area contributed by atoms with Gasteiger partial charge in [0.2, 0.25) is 0 Å². The number of hydrogen-bond donors (Lipinski definition) is 1. The molecule has 1 N–H and O–H groups in total. The zero-order chi connectivity index (χ0) is 20.4. The van der Waals surface area contributed by atoms with E-state index >= 15 is 0 Å². The Morgan fingerprint density at radius 2 is 1.93 bits per heavy atom. The molecule has 2 aromatic carbocycles. The van der Waals surface area contributed by atoms with Crippen LogP contribution in [-0.2, 0) is 6.54 Å². The van der Waals surface area contributed by atoms with Gasteiger partial charge in [0.25, 0.3) is 5.91 Å². The minimum atomic E-state index is -0.208. The van der Waals surface area contributed by atoms with Gasteiger partial charge in [-0.1, -0.05) is 25.1 Å². The van der Waals surface area contributed by atoms with Crippen LogP contribution in [0.1, 0.15) is 36.2 Å². The number of anilines is 1. The quantitative estimate of drug-likeness (QED) is 0.507. The van der Waals surface area contributed by atoms with E-state index in [0.29, 0.717) is 18.0 Å². The lowest BCUT2D eigenvalue weighted by Gasteiger charge is -2.06. The monoisotopic (exact) mass is 388 g/mol. The Balaban J connectivity index is 1.73. The van der Waals surface area contributed by atoms with E-state index < -0.39 is 0 Å². The first-order valence-corrected chi connectivity index (χ1v) is 9.91. The minimum Gasteiger partial charge on any atom is -0.494 e. The third-order valence-corrected chi connectivity index (χ3v) is 4.84. The van der Waals surface area contributed by atoms with Crippen LogP contribution in [0, 0.1) is 6.92 Å². The highest BCUT2D eigenvalue weighted by Gasteiger charge is 2.16. The van der Waals surface area contributed by atoms with E-state index in [-0.39, 0.29) is 5.91 Å². The standard InChI is InChI=1S/C23H24N4O2/c1-4-13-27-22-19(14-17-8-6-7-15(3)20(17)24-22)21(26-27)25-23(28)16-9-11-18(12-10-16)29-5-2/h6-12,14H,4-5,13H2,1-3H3,(H,25,26,28). The van der Waals surface area contributed by atoms with Gasteiger partial charge in [0.1, 0.15) is 5.75 Å². The molecule has 0 radical (unpaired) electrons. The van der Waals surface area contributed by atoms with Crippen LogP contribution in [0.3, 0.4) is 0 Å². The molecule has 148 valence electrons. The van der Waals surface area contributed by atoms with E-state index in [2.05, 4.69) is 36.4 Å². The van der Waals surface area contributed by atoms with Gasteiger partial charge in [-0.2, -0.15) is 5.10 Å². The maximum Gasteiger partial charge on any atom is 0.256 e. The van der Waals surface area contributed by atoms with Crippen LogP contribution in [0.2, 0.25) is 0 Å². The van der Waals surface area contributed by atoms with Crippen LogP contribution in [0.4, 0.5) is 5.82 Å². The lowest BCUT2D eigenvalue weighted by Crippen LogP contribution is -2.13. The zero-order valence-electron chi connectivity index (χ0n) is 16.9. The number of carbonyl (C=O) groups is 1. The Hall–Kier alpha value is -3.41. The molecule has 6 heteroatoms. The normalized spacial score (nSPS) is 11.1. The molecule has 1 amide bonds. The van der Waals surface area contributed by atoms with Crippen molar-refractivity contribution in [3.63, 3.8) is 0 Å². The summed E-state index contributed by atoms with van der Waals surface area (Å²) in [6, 6.07) is 15.2. The highest BCUT2D eigenvalue weighted by molar-refractivity contribution is 6.09. The molecule has 0 fully saturated rings. The molecule has 0 atom stereocenters. The largest absolute Gasteiger partial charge is 0.494 e. The first-order chi connectivity index (χ1) is 14.1. The molecule has 0 aliphatic carbocycles. The van der Waals surface area contributed by atoms with Crippen LogP contribution in [-0.4, -0.2) is 27.3 Å². The summed E-state index contributed by atoms with van der Waals surface area (Å²) in [5.41, 5.74) is 3.42. The third kappa shape index (κ3) is 3.66. The maximum atomic E-state index is 12.8. The van der Waals surface area contributed by atoms with Crippen molar-refractivity contribution in [2.24, 2.45) is 0 Å². The molecule has 0 bridgehead atoms. The number of rotatable bonds is 6. The van der Waals surface area contributed by atoms with Crippen LogP contribution in [0.25, 0.3) is 21.9 Å². The molecule has 0 spiro atoms. The zero-order valence-corrected chi connectivity index (χ0v) is 16.9. The summed E-state index contributed by atoms with van der Waals surface area (Å²) in [6.45, 7) is 7.40. The molecule has 2 aromatic heterocycles. The van der Waals surface area contributed by atoms with Crippen LogP contribution < -0.4 is 10.1 Å². The molecule has 0 aliphatic rings. The predicted molar refractivity (Wildman–Crippen MR) is 116 cm³/mol. The Kier molecular flexibility index (Phi) is 5.16. The summed E-state index contributed by atoms with van der Waals surface area (Å²) in [7, 11) is 0. The van der Waals surface area contributed by atoms with Gasteiger partial charge in [0.05, 0.1) is 17.5 Å². The van der Waals surface area contributed by atoms with Crippen LogP contribution >= 0.6 is 0 Å². The van der Waals surface area contributed by atoms with Crippen LogP contribution in [0.15, 0.2) is 48.5 Å². The van der Waals surface area contributed by atoms with Gasteiger partial charge in [-0.3, -0.25) is 4.79 Å². The SMILES string of the molecule is CCCn1nc(NC(=O)c2ccc(OCC)cc2)c2cc3cccc(C)c3nc21. The molecule has 6 nitrogen and oxygen atoms in total. The summed E-state index contributed by atoms with van der Waals surface area (Å²) in [5, 5.41) is 9.48. The van der Waals surface area contributed by atoms with E-state index in [1.807, 2.05) is 23.7 Å². The molecule has 4 rings (SSSR count). The van der Waals surface area contributed by atoms with Crippen molar-refractivity contribution in [3.8, 4) is 5.75 Å². The average molecular weight is 388 g/mol. The number of carbonyl (C=O) groups excluding carboxylic acids is 1. The van der Waals surface area contributed by atoms with Crippen molar-refractivity contribution in [2.45, 2.75) is 33.7 Å². The van der Waals surface area contributed by atoms with Crippen molar-refractivity contribution in [2.75, 3.05) is 11.9 Å². The molecule has 29 heavy (non-hydrogen) atoms. The molecular weight excluding hydrogens is 364 g/mol. The average Bonchev–Trinajstić information content (AvgIpc) is 3.04. The van der Waals surface area contributed by atoms with Gasteiger partial charge in [-0.05, 0) is 56.2 Å². The predicted octanol–water partition coefficient (Wildman–Crippen LogP) is 4.95. The summed E-state index contributed by atoms with van der Waals surface area (Å²) < 4.78 is 7.31. The Morgan fingerprint density at radius 1 is 1.14 bits per heavy atom. The van der Waals surface area contributed by atoms with Gasteiger partial charge in [-0.25, -0.2) is 9.67 Å². The smallest absolute Gasteiger partial charge is 0.256 e. The summed E-state index contributed by atoms with van der Waals surface area (Å²) in [6.07, 6.45) is 0.927. The lowest BCUT2D eigenvalue weighted by molar-refractivity contribution is 0.102. The number of fused-ring (bicyclic) bond motifs is 2. The van der Waals surface area contributed by atoms with Gasteiger partial charge < -0.3 is 10.1 Å². The highest BCUT2D eigenvalue weighted by Crippen LogP contribution is 2.28. The fraction of sp³-hybridized carbons (Fsp3) is 0.261. The van der Waals surface area contributed by atoms with Gasteiger partial charge in [0, 0.05) is 17.5 Å². The second-order valence-electron chi connectivity index (χ2n) is 6.99. The maximum absolute atomic E-state index is 12.8. The number of pyridine rings is 1. The van der Waals surface area contributed by atoms with Crippen molar-refractivity contribution in [1.82, 2.24) is 14.8 Å². The second kappa shape index (κ2) is 7.91. The van der Waals surface area contributed by atoms with E-state index in [0.717, 1.165) is 46.2 Å². The fourth-order valence-corrected chi connectivity index (χ4v) is 3.44. The molecule has 0 saturated carbocycles. The number of aromatic nitrogens is 3. The van der Waals surface area contributed by atoms with E-state index in [9.17, 15) is 4.79 Å². The van der Waals surface area contributed by atoms with Gasteiger partial charge in [-0.15, -0.1) is 0 Å². The topological polar surface area (TPSA) is 69.0 Å². The van der Waals surface area contributed by atoms with Gasteiger partial charge >= 0.3 is 0 Å². The highest BCUT2D eigenvalue weighted by atomic mass is 16.5. The first-order valence-electron chi connectivity index (χ1n) is 9.91. The number of nitrogens with one attached hydrogen (secondary N) is 1. The summed E-state index contributed by atoms with van der Waals surface area (Å²) in [5.74, 6) is 1.07. The molecule has 2 heterocycles. The van der Waals surface area contributed by atoms with Crippen LogP contribution in [0.5, 0.6) is 5.75 Å². The number of hydrogen-bond acceptors (Lipinski definition) is 4. The molecule has 4 aromatic rings. The first kappa shape index (κ1) is 18.9. The van der Waals surface area contributed by atoms with Crippen molar-refractivity contribution < 1.29 is 9.53 Å². The number of nitrogens with zero attached hydrogens (tertiary/aromatic N) is 3. The fourth-order valence-electron chi connectivity index (χ4n) is 3.44. The number of amides is 1. The number of benzene rings is 2. The van der Waals surface area contributed by atoms with Crippen molar-refractivity contribution in [3.05, 3.63) is 59.7 Å². The molecular formula is C23H24N4O2. The molecule has 0 saturated heterocycles. The lowest BCUT2D eigenvalue weighted by atomic mass is 10.1. The summed E-state index contributed by atoms with van der Waals surface area (Å²) in [4.78, 5) is 17.7. The molecule has 0 unspecified atom stereocenters. The number of aryl methyl sites for hydroxylation is 2. The summed E-state index contributed by atoms with van der Waals surface area (Å²) >= 11 is 0. The number of ether oxygens (including phenoxy) is 1. The van der Waals surface area contributed by atoms with E-state index in [1.54, 1.807) is 24.3 Å². The Morgan fingerprint density at radius 3 is 2.66 bits per heavy atom. The van der Waals surface area contributed by atoms with Gasteiger partial charge in [0.15, 0.2) is 11.5 Å². The van der Waals surface area contributed by atoms with E-state index in [4.69, 9.17) is 9.72 Å². The Labute approximate surface area is 169 Å².